The number of ketones is 2. The second-order valence-corrected chi connectivity index (χ2v) is 8.17. The standard InChI is InChI=1S/C23H35NO10/c1-15(2)19-14-33-23(30)24(19)22(29)16(3)21(34-17(4)26)20(28)8-7-18(27)6-5-10-31-12-13-32-11-9-25/h7-8,15-16,19,21,25H,5-6,9-14H2,1-4H3. The minimum absolute atomic E-state index is 0.0505. The first kappa shape index (κ1) is 29.4. The zero-order valence-electron chi connectivity index (χ0n) is 20.2. The van der Waals surface area contributed by atoms with Crippen LogP contribution in [0, 0.1) is 11.8 Å². The molecule has 2 amide bonds. The highest BCUT2D eigenvalue weighted by molar-refractivity contribution is 6.04. The average Bonchev–Trinajstić information content (AvgIpc) is 3.18. The number of aliphatic hydroxyl groups excluding tert-OH is 1. The Morgan fingerprint density at radius 2 is 1.74 bits per heavy atom. The van der Waals surface area contributed by atoms with Crippen LogP contribution in [0.25, 0.3) is 0 Å². The van der Waals surface area contributed by atoms with Gasteiger partial charge in [0.15, 0.2) is 17.7 Å². The number of esters is 1. The molecule has 0 aromatic carbocycles. The zero-order valence-corrected chi connectivity index (χ0v) is 20.2. The number of hydrogen-bond donors (Lipinski definition) is 1. The topological polar surface area (TPSA) is 146 Å². The van der Waals surface area contributed by atoms with Crippen molar-refractivity contribution in [3.8, 4) is 0 Å². The molecule has 0 aliphatic carbocycles. The van der Waals surface area contributed by atoms with E-state index in [1.165, 1.54) is 6.92 Å². The van der Waals surface area contributed by atoms with Gasteiger partial charge in [0, 0.05) is 20.0 Å². The van der Waals surface area contributed by atoms with Gasteiger partial charge < -0.3 is 24.1 Å². The lowest BCUT2D eigenvalue weighted by Crippen LogP contribution is -2.48. The molecule has 11 heteroatoms. The van der Waals surface area contributed by atoms with Gasteiger partial charge in [0.2, 0.25) is 5.91 Å². The molecule has 11 nitrogen and oxygen atoms in total. The molecule has 0 spiro atoms. The van der Waals surface area contributed by atoms with E-state index >= 15 is 0 Å². The molecule has 3 unspecified atom stereocenters. The third-order valence-electron chi connectivity index (χ3n) is 5.08. The van der Waals surface area contributed by atoms with E-state index < -0.39 is 41.8 Å². The largest absolute Gasteiger partial charge is 0.453 e. The van der Waals surface area contributed by atoms with Crippen LogP contribution in [0.4, 0.5) is 4.79 Å². The second-order valence-electron chi connectivity index (χ2n) is 8.17. The summed E-state index contributed by atoms with van der Waals surface area (Å²) in [4.78, 5) is 62.3. The van der Waals surface area contributed by atoms with Crippen molar-refractivity contribution in [1.29, 1.82) is 0 Å². The minimum atomic E-state index is -1.49. The smallest absolute Gasteiger partial charge is 0.416 e. The van der Waals surface area contributed by atoms with Crippen molar-refractivity contribution >= 4 is 29.5 Å². The summed E-state index contributed by atoms with van der Waals surface area (Å²) < 4.78 is 20.4. The van der Waals surface area contributed by atoms with Crippen molar-refractivity contribution in [2.75, 3.05) is 39.6 Å². The van der Waals surface area contributed by atoms with Crippen molar-refractivity contribution in [3.05, 3.63) is 12.2 Å². The van der Waals surface area contributed by atoms with Crippen LogP contribution in [0.3, 0.4) is 0 Å². The number of hydrogen-bond acceptors (Lipinski definition) is 10. The van der Waals surface area contributed by atoms with Crippen molar-refractivity contribution in [2.45, 2.75) is 52.7 Å². The van der Waals surface area contributed by atoms with Gasteiger partial charge in [0.1, 0.15) is 6.61 Å². The fourth-order valence-corrected chi connectivity index (χ4v) is 3.20. The molecular weight excluding hydrogens is 450 g/mol. The number of cyclic esters (lactones) is 1. The number of amides is 2. The van der Waals surface area contributed by atoms with E-state index in [4.69, 9.17) is 24.1 Å². The van der Waals surface area contributed by atoms with E-state index in [0.717, 1.165) is 24.0 Å². The molecule has 1 rings (SSSR count). The third kappa shape index (κ3) is 9.70. The highest BCUT2D eigenvalue weighted by atomic mass is 16.6. The number of carbonyl (C=O) groups is 5. The molecule has 1 fully saturated rings. The maximum Gasteiger partial charge on any atom is 0.416 e. The summed E-state index contributed by atoms with van der Waals surface area (Å²) in [5.74, 6) is -3.78. The van der Waals surface area contributed by atoms with Crippen LogP contribution < -0.4 is 0 Å². The van der Waals surface area contributed by atoms with Gasteiger partial charge in [-0.15, -0.1) is 0 Å². The Bertz CT molecular complexity index is 748. The molecule has 0 aromatic rings. The van der Waals surface area contributed by atoms with Gasteiger partial charge in [-0.1, -0.05) is 13.8 Å². The second kappa shape index (κ2) is 15.3. The molecule has 34 heavy (non-hydrogen) atoms. The first-order valence-electron chi connectivity index (χ1n) is 11.3. The minimum Gasteiger partial charge on any atom is -0.453 e. The van der Waals surface area contributed by atoms with Crippen molar-refractivity contribution < 1.29 is 48.0 Å². The van der Waals surface area contributed by atoms with E-state index in [0.29, 0.717) is 26.2 Å². The molecule has 0 saturated carbocycles. The fraction of sp³-hybridized carbons (Fsp3) is 0.696. The summed E-state index contributed by atoms with van der Waals surface area (Å²) in [6.45, 7) is 7.36. The summed E-state index contributed by atoms with van der Waals surface area (Å²) >= 11 is 0. The molecule has 1 heterocycles. The van der Waals surface area contributed by atoms with Gasteiger partial charge in [-0.05, 0) is 31.4 Å². The molecule has 1 aliphatic heterocycles. The fourth-order valence-electron chi connectivity index (χ4n) is 3.20. The Kier molecular flexibility index (Phi) is 13.2. The third-order valence-corrected chi connectivity index (χ3v) is 5.08. The van der Waals surface area contributed by atoms with Crippen LogP contribution in [-0.4, -0.2) is 91.3 Å². The first-order valence-corrected chi connectivity index (χ1v) is 11.3. The quantitative estimate of drug-likeness (QED) is 0.191. The monoisotopic (exact) mass is 485 g/mol. The van der Waals surface area contributed by atoms with Gasteiger partial charge in [-0.2, -0.15) is 0 Å². The number of nitrogens with zero attached hydrogens (tertiary/aromatic N) is 1. The van der Waals surface area contributed by atoms with Crippen LogP contribution in [0.1, 0.15) is 40.5 Å². The Balaban J connectivity index is 2.66. The van der Waals surface area contributed by atoms with E-state index in [9.17, 15) is 24.0 Å². The molecule has 3 atom stereocenters. The summed E-state index contributed by atoms with van der Waals surface area (Å²) in [6, 6.07) is -0.490. The lowest BCUT2D eigenvalue weighted by Gasteiger charge is -2.28. The molecule has 1 saturated heterocycles. The van der Waals surface area contributed by atoms with Crippen LogP contribution >= 0.6 is 0 Å². The summed E-state index contributed by atoms with van der Waals surface area (Å²) in [6.07, 6.45) is 0.305. The zero-order chi connectivity index (χ0) is 25.7. The summed E-state index contributed by atoms with van der Waals surface area (Å²) in [5, 5.41) is 8.59. The Morgan fingerprint density at radius 3 is 2.32 bits per heavy atom. The molecule has 1 N–H and O–H groups in total. The molecule has 0 aromatic heterocycles. The predicted octanol–water partition coefficient (Wildman–Crippen LogP) is 1.06. The molecule has 0 bridgehead atoms. The maximum atomic E-state index is 13.0. The van der Waals surface area contributed by atoms with E-state index in [-0.39, 0.29) is 37.9 Å². The Morgan fingerprint density at radius 1 is 1.09 bits per heavy atom. The highest BCUT2D eigenvalue weighted by Crippen LogP contribution is 2.24. The van der Waals surface area contributed by atoms with Crippen LogP contribution in [0.2, 0.25) is 0 Å². The van der Waals surface area contributed by atoms with Crippen LogP contribution in [-0.2, 0) is 38.1 Å². The van der Waals surface area contributed by atoms with Gasteiger partial charge in [-0.3, -0.25) is 19.2 Å². The van der Waals surface area contributed by atoms with Gasteiger partial charge in [0.05, 0.1) is 38.4 Å². The molecule has 1 aliphatic rings. The molecule has 0 radical (unpaired) electrons. The summed E-state index contributed by atoms with van der Waals surface area (Å²) in [5.41, 5.74) is 0. The predicted molar refractivity (Wildman–Crippen MR) is 119 cm³/mol. The maximum absolute atomic E-state index is 13.0. The normalized spacial score (nSPS) is 17.6. The highest BCUT2D eigenvalue weighted by Gasteiger charge is 2.44. The van der Waals surface area contributed by atoms with E-state index in [1.807, 2.05) is 13.8 Å². The average molecular weight is 486 g/mol. The number of aliphatic hydroxyl groups is 1. The summed E-state index contributed by atoms with van der Waals surface area (Å²) in [7, 11) is 0. The molecule has 192 valence electrons. The van der Waals surface area contributed by atoms with Gasteiger partial charge in [-0.25, -0.2) is 9.69 Å². The number of carbonyl (C=O) groups excluding carboxylic acids is 5. The number of ether oxygens (including phenoxy) is 4. The number of allylic oxidation sites excluding steroid dienone is 1. The molecular formula is C23H35NO10. The lowest BCUT2D eigenvalue weighted by atomic mass is 9.96. The van der Waals surface area contributed by atoms with Gasteiger partial charge >= 0.3 is 12.1 Å². The van der Waals surface area contributed by atoms with Gasteiger partial charge in [0.25, 0.3) is 0 Å². The lowest BCUT2D eigenvalue weighted by molar-refractivity contribution is -0.158. The first-order chi connectivity index (χ1) is 16.1. The number of imide groups is 1. The van der Waals surface area contributed by atoms with Crippen molar-refractivity contribution in [1.82, 2.24) is 4.90 Å². The number of rotatable bonds is 16. The Hall–Kier alpha value is -2.63. The van der Waals surface area contributed by atoms with Crippen molar-refractivity contribution in [2.24, 2.45) is 11.8 Å². The van der Waals surface area contributed by atoms with Crippen LogP contribution in [0.15, 0.2) is 12.2 Å². The SMILES string of the molecule is CC(=O)OC(C(=O)C=CC(=O)CCCOCCOCCO)C(C)C(=O)N1C(=O)OCC1C(C)C. The van der Waals surface area contributed by atoms with E-state index in [1.54, 1.807) is 0 Å². The van der Waals surface area contributed by atoms with E-state index in [2.05, 4.69) is 0 Å². The Labute approximate surface area is 199 Å². The van der Waals surface area contributed by atoms with Crippen LogP contribution in [0.5, 0.6) is 0 Å². The van der Waals surface area contributed by atoms with Crippen molar-refractivity contribution in [3.63, 3.8) is 0 Å².